The van der Waals surface area contributed by atoms with E-state index in [1.165, 1.54) is 22.8 Å². The average Bonchev–Trinajstić information content (AvgIpc) is 3.10. The van der Waals surface area contributed by atoms with E-state index < -0.39 is 17.6 Å². The fourth-order valence-electron chi connectivity index (χ4n) is 3.72. The number of hydrogen-bond donors (Lipinski definition) is 1. The third kappa shape index (κ3) is 4.94. The lowest BCUT2D eigenvalue weighted by molar-refractivity contribution is -0.137. The SMILES string of the molecule is Cc1cc(C(=O)Nc2ccc(Oc3ccc(Cl)cc3)cc2)c(C)n1-c1ccccc1C(F)(F)F. The maximum absolute atomic E-state index is 13.5. The van der Waals surface area contributed by atoms with E-state index in [-0.39, 0.29) is 11.3 Å². The molecular formula is C26H20ClF3N2O2. The monoisotopic (exact) mass is 484 g/mol. The Balaban J connectivity index is 1.54. The van der Waals surface area contributed by atoms with Gasteiger partial charge in [-0.3, -0.25) is 4.79 Å². The lowest BCUT2D eigenvalue weighted by Crippen LogP contribution is -2.14. The molecule has 0 aliphatic heterocycles. The predicted octanol–water partition coefficient (Wildman–Crippen LogP) is 7.81. The van der Waals surface area contributed by atoms with Gasteiger partial charge in [-0.05, 0) is 80.6 Å². The minimum Gasteiger partial charge on any atom is -0.457 e. The Labute approximate surface area is 199 Å². The number of alkyl halides is 3. The van der Waals surface area contributed by atoms with Crippen molar-refractivity contribution in [1.29, 1.82) is 0 Å². The zero-order valence-electron chi connectivity index (χ0n) is 18.3. The highest BCUT2D eigenvalue weighted by Gasteiger charge is 2.34. The smallest absolute Gasteiger partial charge is 0.418 e. The number of benzene rings is 3. The Bertz CT molecular complexity index is 1330. The first kappa shape index (κ1) is 23.4. The van der Waals surface area contributed by atoms with Gasteiger partial charge in [0.2, 0.25) is 0 Å². The summed E-state index contributed by atoms with van der Waals surface area (Å²) in [6.07, 6.45) is -4.52. The van der Waals surface area contributed by atoms with E-state index in [1.807, 2.05) is 0 Å². The molecule has 4 aromatic rings. The van der Waals surface area contributed by atoms with Gasteiger partial charge in [0.15, 0.2) is 0 Å². The van der Waals surface area contributed by atoms with E-state index in [0.29, 0.717) is 33.6 Å². The van der Waals surface area contributed by atoms with Crippen LogP contribution in [-0.2, 0) is 6.18 Å². The molecule has 0 spiro atoms. The number of aryl methyl sites for hydroxylation is 1. The highest BCUT2D eigenvalue weighted by molar-refractivity contribution is 6.30. The molecule has 1 amide bonds. The van der Waals surface area contributed by atoms with Gasteiger partial charge >= 0.3 is 6.18 Å². The molecule has 1 N–H and O–H groups in total. The van der Waals surface area contributed by atoms with Crippen molar-refractivity contribution in [1.82, 2.24) is 4.57 Å². The van der Waals surface area contributed by atoms with Gasteiger partial charge in [-0.1, -0.05) is 23.7 Å². The number of carbonyl (C=O) groups is 1. The molecular weight excluding hydrogens is 465 g/mol. The topological polar surface area (TPSA) is 43.3 Å². The summed E-state index contributed by atoms with van der Waals surface area (Å²) in [6, 6.07) is 20.6. The van der Waals surface area contributed by atoms with Gasteiger partial charge in [-0.15, -0.1) is 0 Å². The number of nitrogens with zero attached hydrogens (tertiary/aromatic N) is 1. The van der Waals surface area contributed by atoms with Crippen LogP contribution in [0.5, 0.6) is 11.5 Å². The lowest BCUT2D eigenvalue weighted by atomic mass is 10.1. The second kappa shape index (κ2) is 9.27. The molecule has 0 saturated carbocycles. The quantitative estimate of drug-likeness (QED) is 0.314. The zero-order chi connectivity index (χ0) is 24.5. The van der Waals surface area contributed by atoms with Gasteiger partial charge in [0, 0.05) is 22.1 Å². The molecule has 8 heteroatoms. The van der Waals surface area contributed by atoms with Crippen LogP contribution in [-0.4, -0.2) is 10.5 Å². The van der Waals surface area contributed by atoms with E-state index >= 15 is 0 Å². The number of hydrogen-bond acceptors (Lipinski definition) is 2. The number of carbonyl (C=O) groups excluding carboxylic acids is 1. The summed E-state index contributed by atoms with van der Waals surface area (Å²) in [7, 11) is 0. The summed E-state index contributed by atoms with van der Waals surface area (Å²) in [5.74, 6) is 0.769. The summed E-state index contributed by atoms with van der Waals surface area (Å²) >= 11 is 5.87. The first-order valence-corrected chi connectivity index (χ1v) is 10.7. The minimum atomic E-state index is -4.52. The molecule has 0 radical (unpaired) electrons. The van der Waals surface area contributed by atoms with E-state index in [1.54, 1.807) is 68.4 Å². The van der Waals surface area contributed by atoms with Gasteiger partial charge in [0.1, 0.15) is 11.5 Å². The van der Waals surface area contributed by atoms with Crippen LogP contribution in [0.3, 0.4) is 0 Å². The van der Waals surface area contributed by atoms with E-state index in [4.69, 9.17) is 16.3 Å². The number of nitrogens with one attached hydrogen (secondary N) is 1. The molecule has 0 fully saturated rings. The average molecular weight is 485 g/mol. The van der Waals surface area contributed by atoms with Crippen molar-refractivity contribution in [2.45, 2.75) is 20.0 Å². The molecule has 1 heterocycles. The van der Waals surface area contributed by atoms with Crippen LogP contribution >= 0.6 is 11.6 Å². The zero-order valence-corrected chi connectivity index (χ0v) is 19.0. The highest BCUT2D eigenvalue weighted by atomic mass is 35.5. The molecule has 0 aliphatic rings. The third-order valence-electron chi connectivity index (χ3n) is 5.29. The van der Waals surface area contributed by atoms with Gasteiger partial charge in [0.25, 0.3) is 5.91 Å². The Hall–Kier alpha value is -3.71. The number of amides is 1. The molecule has 4 nitrogen and oxygen atoms in total. The Morgan fingerprint density at radius 2 is 1.50 bits per heavy atom. The Morgan fingerprint density at radius 1 is 0.912 bits per heavy atom. The summed E-state index contributed by atoms with van der Waals surface area (Å²) in [6.45, 7) is 3.29. The minimum absolute atomic E-state index is 0.0206. The normalized spacial score (nSPS) is 11.4. The maximum Gasteiger partial charge on any atom is 0.418 e. The highest BCUT2D eigenvalue weighted by Crippen LogP contribution is 2.35. The second-order valence-electron chi connectivity index (χ2n) is 7.67. The van der Waals surface area contributed by atoms with E-state index in [2.05, 4.69) is 5.32 Å². The molecule has 0 unspecified atom stereocenters. The van der Waals surface area contributed by atoms with Crippen LogP contribution < -0.4 is 10.1 Å². The largest absolute Gasteiger partial charge is 0.457 e. The first-order valence-electron chi connectivity index (χ1n) is 10.3. The first-order chi connectivity index (χ1) is 16.1. The Morgan fingerprint density at radius 3 is 2.12 bits per heavy atom. The standard InChI is InChI=1S/C26H20ClF3N2O2/c1-16-15-22(17(2)32(16)24-6-4-3-5-23(24)26(28,29)30)25(33)31-19-9-13-21(14-10-19)34-20-11-7-18(27)8-12-20/h3-15H,1-2H3,(H,31,33). The molecule has 4 rings (SSSR count). The molecule has 0 atom stereocenters. The predicted molar refractivity (Wildman–Crippen MR) is 126 cm³/mol. The molecule has 0 saturated heterocycles. The fraction of sp³-hybridized carbons (Fsp3) is 0.115. The number of ether oxygens (including phenoxy) is 1. The third-order valence-corrected chi connectivity index (χ3v) is 5.54. The van der Waals surface area contributed by atoms with Crippen molar-refractivity contribution < 1.29 is 22.7 Å². The van der Waals surface area contributed by atoms with Crippen molar-refractivity contribution in [3.63, 3.8) is 0 Å². The second-order valence-corrected chi connectivity index (χ2v) is 8.11. The molecule has 1 aromatic heterocycles. The summed E-state index contributed by atoms with van der Waals surface area (Å²) in [5, 5.41) is 3.39. The van der Waals surface area contributed by atoms with Gasteiger partial charge in [-0.2, -0.15) is 13.2 Å². The van der Waals surface area contributed by atoms with Crippen molar-refractivity contribution in [2.75, 3.05) is 5.32 Å². The van der Waals surface area contributed by atoms with Crippen molar-refractivity contribution in [3.8, 4) is 17.2 Å². The molecule has 3 aromatic carbocycles. The van der Waals surface area contributed by atoms with Crippen LogP contribution in [0.4, 0.5) is 18.9 Å². The van der Waals surface area contributed by atoms with Crippen molar-refractivity contribution in [2.24, 2.45) is 0 Å². The van der Waals surface area contributed by atoms with E-state index in [0.717, 1.165) is 6.07 Å². The summed E-state index contributed by atoms with van der Waals surface area (Å²) in [4.78, 5) is 12.9. The van der Waals surface area contributed by atoms with Crippen molar-refractivity contribution in [3.05, 3.63) is 106 Å². The van der Waals surface area contributed by atoms with Gasteiger partial charge in [-0.25, -0.2) is 0 Å². The number of rotatable bonds is 5. The maximum atomic E-state index is 13.5. The van der Waals surface area contributed by atoms with Crippen LogP contribution in [0.2, 0.25) is 5.02 Å². The number of anilines is 1. The molecule has 0 bridgehead atoms. The summed E-state index contributed by atoms with van der Waals surface area (Å²) in [5.41, 5.74) is 0.957. The van der Waals surface area contributed by atoms with Crippen LogP contribution in [0.15, 0.2) is 78.9 Å². The van der Waals surface area contributed by atoms with Gasteiger partial charge in [0.05, 0.1) is 16.8 Å². The number of para-hydroxylation sites is 1. The van der Waals surface area contributed by atoms with Crippen LogP contribution in [0.1, 0.15) is 27.3 Å². The van der Waals surface area contributed by atoms with E-state index in [9.17, 15) is 18.0 Å². The summed E-state index contributed by atoms with van der Waals surface area (Å²) < 4.78 is 47.8. The van der Waals surface area contributed by atoms with Crippen LogP contribution in [0, 0.1) is 13.8 Å². The Kier molecular flexibility index (Phi) is 6.39. The number of aromatic nitrogens is 1. The molecule has 174 valence electrons. The molecule has 0 aliphatic carbocycles. The molecule has 34 heavy (non-hydrogen) atoms. The lowest BCUT2D eigenvalue weighted by Gasteiger charge is -2.16. The van der Waals surface area contributed by atoms with Crippen molar-refractivity contribution >= 4 is 23.2 Å². The number of halogens is 4. The van der Waals surface area contributed by atoms with Crippen LogP contribution in [0.25, 0.3) is 5.69 Å². The fourth-order valence-corrected chi connectivity index (χ4v) is 3.84. The van der Waals surface area contributed by atoms with Gasteiger partial charge < -0.3 is 14.6 Å².